The fourth-order valence-corrected chi connectivity index (χ4v) is 2.90. The van der Waals surface area contributed by atoms with Gasteiger partial charge in [-0.1, -0.05) is 29.8 Å². The normalized spacial score (nSPS) is 16.0. The first-order valence-corrected chi connectivity index (χ1v) is 8.28. The van der Waals surface area contributed by atoms with Crippen LogP contribution in [0, 0.1) is 12.8 Å². The Bertz CT molecular complexity index is 709. The van der Waals surface area contributed by atoms with E-state index in [2.05, 4.69) is 36.5 Å². The van der Waals surface area contributed by atoms with Crippen molar-refractivity contribution >= 4 is 5.91 Å². The quantitative estimate of drug-likeness (QED) is 0.919. The minimum absolute atomic E-state index is 0.0515. The standard InChI is InChI=1S/C20H23NO3/c1-14-3-5-15(6-4-14)9-10-21-20(22)17-11-16-12-18(23-2)7-8-19(16)24-13-17/h3-8,12,17H,9-11,13H2,1-2H3,(H,21,22)/t17-/m1/s1. The predicted octanol–water partition coefficient (Wildman–Crippen LogP) is 2.91. The van der Waals surface area contributed by atoms with E-state index in [-0.39, 0.29) is 11.8 Å². The first-order chi connectivity index (χ1) is 11.7. The summed E-state index contributed by atoms with van der Waals surface area (Å²) < 4.78 is 11.0. The molecule has 0 saturated carbocycles. The highest BCUT2D eigenvalue weighted by molar-refractivity contribution is 5.79. The number of amides is 1. The molecule has 0 fully saturated rings. The third kappa shape index (κ3) is 3.88. The van der Waals surface area contributed by atoms with Crippen molar-refractivity contribution in [2.75, 3.05) is 20.3 Å². The minimum Gasteiger partial charge on any atom is -0.497 e. The Balaban J connectivity index is 1.53. The first kappa shape index (κ1) is 16.4. The maximum atomic E-state index is 12.4. The number of nitrogens with one attached hydrogen (secondary N) is 1. The lowest BCUT2D eigenvalue weighted by Gasteiger charge is -2.25. The summed E-state index contributed by atoms with van der Waals surface area (Å²) in [5, 5.41) is 3.02. The van der Waals surface area contributed by atoms with Gasteiger partial charge in [-0.05, 0) is 49.1 Å². The van der Waals surface area contributed by atoms with Crippen LogP contribution < -0.4 is 14.8 Å². The van der Waals surface area contributed by atoms with Gasteiger partial charge in [0.05, 0.1) is 13.0 Å². The summed E-state index contributed by atoms with van der Waals surface area (Å²) in [6.07, 6.45) is 1.52. The van der Waals surface area contributed by atoms with Crippen molar-refractivity contribution in [1.29, 1.82) is 0 Å². The van der Waals surface area contributed by atoms with E-state index in [1.807, 2.05) is 18.2 Å². The highest BCUT2D eigenvalue weighted by atomic mass is 16.5. The molecule has 1 amide bonds. The number of carbonyl (C=O) groups excluding carboxylic acids is 1. The molecule has 1 heterocycles. The molecule has 126 valence electrons. The average Bonchev–Trinajstić information content (AvgIpc) is 2.62. The molecule has 24 heavy (non-hydrogen) atoms. The zero-order chi connectivity index (χ0) is 16.9. The van der Waals surface area contributed by atoms with Crippen LogP contribution in [0.4, 0.5) is 0 Å². The monoisotopic (exact) mass is 325 g/mol. The second-order valence-corrected chi connectivity index (χ2v) is 6.21. The van der Waals surface area contributed by atoms with Gasteiger partial charge in [0, 0.05) is 6.54 Å². The van der Waals surface area contributed by atoms with Crippen LogP contribution in [0.1, 0.15) is 16.7 Å². The van der Waals surface area contributed by atoms with Gasteiger partial charge in [-0.25, -0.2) is 0 Å². The van der Waals surface area contributed by atoms with Crippen LogP contribution in [0.2, 0.25) is 0 Å². The molecule has 1 aliphatic rings. The van der Waals surface area contributed by atoms with Crippen LogP contribution in [0.3, 0.4) is 0 Å². The molecule has 2 aromatic carbocycles. The fourth-order valence-electron chi connectivity index (χ4n) is 2.90. The summed E-state index contributed by atoms with van der Waals surface area (Å²) in [4.78, 5) is 12.4. The average molecular weight is 325 g/mol. The van der Waals surface area contributed by atoms with Crippen LogP contribution >= 0.6 is 0 Å². The Kier molecular flexibility index (Phi) is 5.04. The molecule has 0 spiro atoms. The third-order valence-corrected chi connectivity index (χ3v) is 4.38. The Morgan fingerprint density at radius 1 is 1.25 bits per heavy atom. The molecular weight excluding hydrogens is 302 g/mol. The second-order valence-electron chi connectivity index (χ2n) is 6.21. The number of benzene rings is 2. The van der Waals surface area contributed by atoms with E-state index in [4.69, 9.17) is 9.47 Å². The van der Waals surface area contributed by atoms with Gasteiger partial charge in [0.2, 0.25) is 5.91 Å². The smallest absolute Gasteiger partial charge is 0.226 e. The lowest BCUT2D eigenvalue weighted by molar-refractivity contribution is -0.126. The molecule has 0 bridgehead atoms. The van der Waals surface area contributed by atoms with Crippen molar-refractivity contribution in [2.24, 2.45) is 5.92 Å². The second kappa shape index (κ2) is 7.39. The van der Waals surface area contributed by atoms with Crippen molar-refractivity contribution in [1.82, 2.24) is 5.32 Å². The maximum absolute atomic E-state index is 12.4. The van der Waals surface area contributed by atoms with E-state index < -0.39 is 0 Å². The van der Waals surface area contributed by atoms with E-state index in [1.165, 1.54) is 11.1 Å². The number of fused-ring (bicyclic) bond motifs is 1. The first-order valence-electron chi connectivity index (χ1n) is 8.28. The molecule has 4 heteroatoms. The Morgan fingerprint density at radius 3 is 2.79 bits per heavy atom. The molecule has 1 aliphatic heterocycles. The third-order valence-electron chi connectivity index (χ3n) is 4.38. The summed E-state index contributed by atoms with van der Waals surface area (Å²) in [7, 11) is 1.64. The SMILES string of the molecule is COc1ccc2c(c1)C[C@@H](C(=O)NCCc1ccc(C)cc1)CO2. The molecular formula is C20H23NO3. The largest absolute Gasteiger partial charge is 0.497 e. The molecule has 0 radical (unpaired) electrons. The highest BCUT2D eigenvalue weighted by Crippen LogP contribution is 2.30. The Hall–Kier alpha value is -2.49. The fraction of sp³-hybridized carbons (Fsp3) is 0.350. The van der Waals surface area contributed by atoms with Crippen LogP contribution in [-0.4, -0.2) is 26.2 Å². The summed E-state index contributed by atoms with van der Waals surface area (Å²) >= 11 is 0. The van der Waals surface area contributed by atoms with E-state index in [0.717, 1.165) is 23.5 Å². The van der Waals surface area contributed by atoms with Crippen LogP contribution in [0.25, 0.3) is 0 Å². The lowest BCUT2D eigenvalue weighted by atomic mass is 9.95. The van der Waals surface area contributed by atoms with E-state index in [9.17, 15) is 4.79 Å². The van der Waals surface area contributed by atoms with Gasteiger partial charge in [-0.15, -0.1) is 0 Å². The zero-order valence-electron chi connectivity index (χ0n) is 14.2. The minimum atomic E-state index is -0.150. The Morgan fingerprint density at radius 2 is 2.04 bits per heavy atom. The maximum Gasteiger partial charge on any atom is 0.226 e. The van der Waals surface area contributed by atoms with Crippen molar-refractivity contribution in [2.45, 2.75) is 19.8 Å². The summed E-state index contributed by atoms with van der Waals surface area (Å²) in [6.45, 7) is 3.14. The highest BCUT2D eigenvalue weighted by Gasteiger charge is 2.26. The molecule has 2 aromatic rings. The molecule has 0 saturated heterocycles. The molecule has 1 atom stereocenters. The number of hydrogen-bond acceptors (Lipinski definition) is 3. The molecule has 0 aliphatic carbocycles. The molecule has 0 aromatic heterocycles. The number of aryl methyl sites for hydroxylation is 1. The van der Waals surface area contributed by atoms with Gasteiger partial charge < -0.3 is 14.8 Å². The number of ether oxygens (including phenoxy) is 2. The summed E-state index contributed by atoms with van der Waals surface area (Å²) in [5.41, 5.74) is 3.51. The number of hydrogen-bond donors (Lipinski definition) is 1. The number of carbonyl (C=O) groups is 1. The molecule has 3 rings (SSSR count). The van der Waals surface area contributed by atoms with Gasteiger partial charge in [-0.3, -0.25) is 4.79 Å². The lowest BCUT2D eigenvalue weighted by Crippen LogP contribution is -2.38. The van der Waals surface area contributed by atoms with Gasteiger partial charge >= 0.3 is 0 Å². The van der Waals surface area contributed by atoms with Crippen LogP contribution in [0.5, 0.6) is 11.5 Å². The zero-order valence-corrected chi connectivity index (χ0v) is 14.2. The number of methoxy groups -OCH3 is 1. The van der Waals surface area contributed by atoms with Crippen LogP contribution in [-0.2, 0) is 17.6 Å². The van der Waals surface area contributed by atoms with Gasteiger partial charge in [0.25, 0.3) is 0 Å². The summed E-state index contributed by atoms with van der Waals surface area (Å²) in [6, 6.07) is 14.1. The van der Waals surface area contributed by atoms with Crippen molar-refractivity contribution in [3.8, 4) is 11.5 Å². The van der Waals surface area contributed by atoms with E-state index >= 15 is 0 Å². The summed E-state index contributed by atoms with van der Waals surface area (Å²) in [5.74, 6) is 1.54. The molecule has 1 N–H and O–H groups in total. The molecule has 0 unspecified atom stereocenters. The van der Waals surface area contributed by atoms with Gasteiger partial charge in [-0.2, -0.15) is 0 Å². The van der Waals surface area contributed by atoms with E-state index in [1.54, 1.807) is 7.11 Å². The van der Waals surface area contributed by atoms with Gasteiger partial charge in [0.15, 0.2) is 0 Å². The van der Waals surface area contributed by atoms with Crippen LogP contribution in [0.15, 0.2) is 42.5 Å². The van der Waals surface area contributed by atoms with Gasteiger partial charge in [0.1, 0.15) is 18.1 Å². The van der Waals surface area contributed by atoms with Crippen molar-refractivity contribution < 1.29 is 14.3 Å². The number of rotatable bonds is 5. The molecule has 4 nitrogen and oxygen atoms in total. The Labute approximate surface area is 142 Å². The topological polar surface area (TPSA) is 47.6 Å². The predicted molar refractivity (Wildman–Crippen MR) is 93.6 cm³/mol. The van der Waals surface area contributed by atoms with Crippen molar-refractivity contribution in [3.05, 3.63) is 59.2 Å². The van der Waals surface area contributed by atoms with E-state index in [0.29, 0.717) is 19.6 Å². The van der Waals surface area contributed by atoms with Crippen molar-refractivity contribution in [3.63, 3.8) is 0 Å².